The quantitative estimate of drug-likeness (QED) is 0.705. The Morgan fingerprint density at radius 3 is 2.81 bits per heavy atom. The first-order valence-electron chi connectivity index (χ1n) is 4.65. The lowest BCUT2D eigenvalue weighted by Crippen LogP contribution is -2.20. The van der Waals surface area contributed by atoms with Gasteiger partial charge >= 0.3 is 0 Å². The van der Waals surface area contributed by atoms with Crippen LogP contribution in [0.4, 0.5) is 0 Å². The molecule has 0 fully saturated rings. The first-order valence-corrected chi connectivity index (χ1v) is 4.65. The minimum atomic E-state index is -0.516. The Kier molecular flexibility index (Phi) is 2.13. The highest BCUT2D eigenvalue weighted by Gasteiger charge is 2.14. The van der Waals surface area contributed by atoms with E-state index in [4.69, 9.17) is 5.26 Å². The summed E-state index contributed by atoms with van der Waals surface area (Å²) < 4.78 is 1.31. The van der Waals surface area contributed by atoms with Gasteiger partial charge in [-0.25, -0.2) is 4.98 Å². The molecule has 0 aromatic carbocycles. The molecule has 0 aliphatic carbocycles. The lowest BCUT2D eigenvalue weighted by molar-refractivity contribution is 0.476. The van der Waals surface area contributed by atoms with Crippen molar-refractivity contribution in [1.82, 2.24) is 9.55 Å². The van der Waals surface area contributed by atoms with E-state index in [0.29, 0.717) is 11.2 Å². The second-order valence-corrected chi connectivity index (χ2v) is 3.52. The summed E-state index contributed by atoms with van der Waals surface area (Å²) in [5.74, 6) is -0.343. The van der Waals surface area contributed by atoms with Crippen molar-refractivity contribution in [2.24, 2.45) is 7.05 Å². The van der Waals surface area contributed by atoms with Crippen molar-refractivity contribution >= 4 is 11.0 Å². The molecule has 0 spiro atoms. The molecule has 0 unspecified atom stereocenters. The number of aryl methyl sites for hydroxylation is 2. The molecule has 0 atom stereocenters. The van der Waals surface area contributed by atoms with E-state index >= 15 is 0 Å². The molecule has 0 radical (unpaired) electrons. The van der Waals surface area contributed by atoms with Gasteiger partial charge in [-0.3, -0.25) is 4.79 Å². The number of rotatable bonds is 0. The van der Waals surface area contributed by atoms with Gasteiger partial charge in [-0.1, -0.05) is 0 Å². The molecule has 0 amide bonds. The molecule has 2 aromatic rings. The molecular formula is C11H9N3O2. The average molecular weight is 215 g/mol. The molecule has 5 nitrogen and oxygen atoms in total. The number of aromatic nitrogens is 2. The zero-order valence-corrected chi connectivity index (χ0v) is 8.85. The second kappa shape index (κ2) is 3.35. The van der Waals surface area contributed by atoms with E-state index in [9.17, 15) is 9.90 Å². The minimum Gasteiger partial charge on any atom is -0.504 e. The summed E-state index contributed by atoms with van der Waals surface area (Å²) in [6, 6.07) is 5.13. The lowest BCUT2D eigenvalue weighted by Gasteiger charge is -2.07. The van der Waals surface area contributed by atoms with Crippen LogP contribution < -0.4 is 5.56 Å². The molecule has 0 bridgehead atoms. The van der Waals surface area contributed by atoms with Gasteiger partial charge in [0.2, 0.25) is 0 Å². The van der Waals surface area contributed by atoms with Crippen molar-refractivity contribution < 1.29 is 5.11 Å². The van der Waals surface area contributed by atoms with Gasteiger partial charge in [0.25, 0.3) is 5.56 Å². The molecular weight excluding hydrogens is 206 g/mol. The maximum absolute atomic E-state index is 11.7. The van der Waals surface area contributed by atoms with E-state index in [1.54, 1.807) is 32.2 Å². The Morgan fingerprint density at radius 1 is 1.50 bits per heavy atom. The van der Waals surface area contributed by atoms with Crippen LogP contribution in [0.5, 0.6) is 5.75 Å². The smallest absolute Gasteiger partial charge is 0.272 e. The molecule has 80 valence electrons. The van der Waals surface area contributed by atoms with Gasteiger partial charge in [0.1, 0.15) is 11.6 Å². The van der Waals surface area contributed by atoms with E-state index in [0.717, 1.165) is 0 Å². The Hall–Kier alpha value is -2.35. The number of nitrogens with zero attached hydrogens (tertiary/aromatic N) is 3. The molecule has 1 N–H and O–H groups in total. The zero-order valence-electron chi connectivity index (χ0n) is 8.85. The summed E-state index contributed by atoms with van der Waals surface area (Å²) in [5.41, 5.74) is 0.711. The third-order valence-electron chi connectivity index (χ3n) is 2.47. The molecule has 2 rings (SSSR count). The molecule has 2 heterocycles. The fraction of sp³-hybridized carbons (Fsp3) is 0.182. The largest absolute Gasteiger partial charge is 0.504 e. The normalized spacial score (nSPS) is 10.3. The molecule has 5 heteroatoms. The summed E-state index contributed by atoms with van der Waals surface area (Å²) >= 11 is 0. The van der Waals surface area contributed by atoms with E-state index < -0.39 is 5.56 Å². The van der Waals surface area contributed by atoms with Gasteiger partial charge in [0.05, 0.1) is 5.52 Å². The van der Waals surface area contributed by atoms with E-state index in [-0.39, 0.29) is 16.8 Å². The number of fused-ring (bicyclic) bond motifs is 1. The van der Waals surface area contributed by atoms with Crippen molar-refractivity contribution in [2.45, 2.75) is 6.92 Å². The number of hydrogen-bond acceptors (Lipinski definition) is 4. The molecule has 0 aliphatic heterocycles. The molecule has 16 heavy (non-hydrogen) atoms. The first kappa shape index (κ1) is 10.2. The Balaban J connectivity index is 3.10. The number of pyridine rings is 2. The monoisotopic (exact) mass is 215 g/mol. The fourth-order valence-corrected chi connectivity index (χ4v) is 1.59. The maximum Gasteiger partial charge on any atom is 0.272 e. The van der Waals surface area contributed by atoms with Crippen LogP contribution >= 0.6 is 0 Å². The van der Waals surface area contributed by atoms with Crippen LogP contribution in [0.15, 0.2) is 16.9 Å². The van der Waals surface area contributed by atoms with Crippen molar-refractivity contribution in [2.75, 3.05) is 0 Å². The van der Waals surface area contributed by atoms with E-state index in [2.05, 4.69) is 4.98 Å². The van der Waals surface area contributed by atoms with Crippen LogP contribution in [0.1, 0.15) is 11.3 Å². The Labute approximate surface area is 91.2 Å². The third kappa shape index (κ3) is 1.24. The van der Waals surface area contributed by atoms with Crippen LogP contribution in [0, 0.1) is 18.3 Å². The lowest BCUT2D eigenvalue weighted by atomic mass is 10.2. The maximum atomic E-state index is 11.7. The standard InChI is InChI=1S/C11H9N3O2/c1-6-3-4-8-9(13-6)10(15)7(5-12)11(16)14(8)2/h3-4,15H,1-2H3. The number of aromatic hydroxyl groups is 1. The van der Waals surface area contributed by atoms with E-state index in [1.807, 2.05) is 0 Å². The van der Waals surface area contributed by atoms with Crippen LogP contribution in [0.3, 0.4) is 0 Å². The van der Waals surface area contributed by atoms with E-state index in [1.165, 1.54) is 4.57 Å². The van der Waals surface area contributed by atoms with Crippen molar-refractivity contribution in [3.05, 3.63) is 33.7 Å². The van der Waals surface area contributed by atoms with Crippen molar-refractivity contribution in [1.29, 1.82) is 5.26 Å². The number of hydrogen-bond donors (Lipinski definition) is 1. The summed E-state index contributed by atoms with van der Waals surface area (Å²) in [6.45, 7) is 1.77. The van der Waals surface area contributed by atoms with Gasteiger partial charge in [0.15, 0.2) is 11.3 Å². The van der Waals surface area contributed by atoms with Gasteiger partial charge < -0.3 is 9.67 Å². The SMILES string of the molecule is Cc1ccc2c(n1)c(O)c(C#N)c(=O)n2C. The van der Waals surface area contributed by atoms with Gasteiger partial charge in [-0.15, -0.1) is 0 Å². The van der Waals surface area contributed by atoms with Crippen LogP contribution in [-0.2, 0) is 7.05 Å². The Morgan fingerprint density at radius 2 is 2.19 bits per heavy atom. The third-order valence-corrected chi connectivity index (χ3v) is 2.47. The molecule has 0 saturated carbocycles. The topological polar surface area (TPSA) is 78.9 Å². The molecule has 2 aromatic heterocycles. The zero-order chi connectivity index (χ0) is 11.9. The highest BCUT2D eigenvalue weighted by molar-refractivity contribution is 5.83. The average Bonchev–Trinajstić information content (AvgIpc) is 2.27. The summed E-state index contributed by atoms with van der Waals surface area (Å²) in [5, 5.41) is 18.6. The van der Waals surface area contributed by atoms with Gasteiger partial charge in [0, 0.05) is 12.7 Å². The van der Waals surface area contributed by atoms with Crippen LogP contribution in [0.2, 0.25) is 0 Å². The predicted molar refractivity (Wildman–Crippen MR) is 58.1 cm³/mol. The van der Waals surface area contributed by atoms with Gasteiger partial charge in [-0.2, -0.15) is 5.26 Å². The van der Waals surface area contributed by atoms with Crippen LogP contribution in [-0.4, -0.2) is 14.7 Å². The van der Waals surface area contributed by atoms with Crippen molar-refractivity contribution in [3.8, 4) is 11.8 Å². The minimum absolute atomic E-state index is 0.270. The van der Waals surface area contributed by atoms with Crippen molar-refractivity contribution in [3.63, 3.8) is 0 Å². The summed E-state index contributed by atoms with van der Waals surface area (Å²) in [7, 11) is 1.54. The Bertz CT molecular complexity index is 680. The fourth-order valence-electron chi connectivity index (χ4n) is 1.59. The predicted octanol–water partition coefficient (Wildman–Crippen LogP) is 0.819. The molecule has 0 saturated heterocycles. The first-order chi connectivity index (χ1) is 7.56. The number of nitriles is 1. The summed E-state index contributed by atoms with van der Waals surface area (Å²) in [4.78, 5) is 15.8. The summed E-state index contributed by atoms with van der Waals surface area (Å²) in [6.07, 6.45) is 0. The molecule has 0 aliphatic rings. The highest BCUT2D eigenvalue weighted by Crippen LogP contribution is 2.23. The highest BCUT2D eigenvalue weighted by atomic mass is 16.3. The van der Waals surface area contributed by atoms with Gasteiger partial charge in [-0.05, 0) is 19.1 Å². The van der Waals surface area contributed by atoms with Crippen LogP contribution in [0.25, 0.3) is 11.0 Å². The second-order valence-electron chi connectivity index (χ2n) is 3.52.